The number of halogens is 6. The Morgan fingerprint density at radius 1 is 0.270 bits per heavy atom. The molecule has 0 N–H and O–H groups in total. The zero-order chi connectivity index (χ0) is 43.0. The van der Waals surface area contributed by atoms with Gasteiger partial charge in [0.25, 0.3) is 0 Å². The quantitative estimate of drug-likeness (QED) is 0.171. The van der Waals surface area contributed by atoms with E-state index in [1.54, 1.807) is 0 Å². The molecule has 6 aliphatic rings. The van der Waals surface area contributed by atoms with Gasteiger partial charge in [0.2, 0.25) is 0 Å². The average Bonchev–Trinajstić information content (AvgIpc) is 4.08. The van der Waals surface area contributed by atoms with E-state index >= 15 is 0 Å². The van der Waals surface area contributed by atoms with Crippen molar-refractivity contribution in [2.45, 2.75) is 273 Å². The van der Waals surface area contributed by atoms with Crippen molar-refractivity contribution in [1.82, 2.24) is 0 Å². The summed E-state index contributed by atoms with van der Waals surface area (Å²) in [5.74, 6) is 6.65. The summed E-state index contributed by atoms with van der Waals surface area (Å²) >= 11 is -2.48. The second kappa shape index (κ2) is 75.3. The third-order valence-electron chi connectivity index (χ3n) is 13.3. The van der Waals surface area contributed by atoms with E-state index in [1.165, 1.54) is 231 Å². The fourth-order valence-corrected chi connectivity index (χ4v) is 9.84. The van der Waals surface area contributed by atoms with Gasteiger partial charge in [-0.3, -0.25) is 0 Å². The fraction of sp³-hybridized carbons (Fsp3) is 0.889. The summed E-state index contributed by atoms with van der Waals surface area (Å²) in [6.07, 6.45) is 53.6. The van der Waals surface area contributed by atoms with Crippen molar-refractivity contribution in [3.8, 4) is 0 Å². The first-order chi connectivity index (χ1) is 27.8. The fourth-order valence-electron chi connectivity index (χ4n) is 9.84. The summed E-state index contributed by atoms with van der Waals surface area (Å²) in [6.45, 7) is 13.8. The summed E-state index contributed by atoms with van der Waals surface area (Å²) in [6, 6.07) is 0. The van der Waals surface area contributed by atoms with Crippen molar-refractivity contribution < 1.29 is 62.5 Å². The van der Waals surface area contributed by atoms with Gasteiger partial charge >= 0.3 is 114 Å². The van der Waals surface area contributed by atoms with Gasteiger partial charge in [0.1, 0.15) is 0 Å². The first-order valence-electron chi connectivity index (χ1n) is 24.7. The average molecular weight is 1250 g/mol. The Morgan fingerprint density at radius 2 is 0.429 bits per heavy atom. The maximum absolute atomic E-state index is 4.93. The predicted molar refractivity (Wildman–Crippen MR) is 295 cm³/mol. The van der Waals surface area contributed by atoms with Gasteiger partial charge in [-0.25, -0.2) is 0 Å². The minimum absolute atomic E-state index is 0. The number of hydrogen-bond donors (Lipinski definition) is 0. The van der Waals surface area contributed by atoms with Gasteiger partial charge in [-0.15, -0.1) is 0 Å². The van der Waals surface area contributed by atoms with Crippen LogP contribution in [0.15, 0.2) is 0 Å². The second-order valence-electron chi connectivity index (χ2n) is 17.8. The molecule has 0 atom stereocenters. The molecule has 9 heteroatoms. The molecule has 384 valence electrons. The third kappa shape index (κ3) is 66.4. The van der Waals surface area contributed by atoms with E-state index in [2.05, 4.69) is 41.5 Å². The van der Waals surface area contributed by atoms with Crippen molar-refractivity contribution in [1.29, 1.82) is 0 Å². The Labute approximate surface area is 460 Å². The SMILES string of the molecule is CCC1CCCC1.CCC1CCCC1.CCCC1CCCC1.CCCC1CCCC1.CCCCC1CCCC1.CCCCC1CCCC1.[CH3-].[CH3-].[CH3-].[CH3-].[CH3-].[CH3-].[Cl][Zr+2][Cl].[Cl][Zr+2][Cl].[Cl][Zr+2][Cl]. The van der Waals surface area contributed by atoms with Crippen LogP contribution in [0, 0.1) is 80.1 Å². The molecule has 0 nitrogen and oxygen atoms in total. The van der Waals surface area contributed by atoms with Crippen LogP contribution in [0.25, 0.3) is 0 Å². The van der Waals surface area contributed by atoms with Crippen molar-refractivity contribution in [3.63, 3.8) is 0 Å². The van der Waals surface area contributed by atoms with E-state index in [4.69, 9.17) is 51.1 Å². The Balaban J connectivity index is -0.0000000752. The van der Waals surface area contributed by atoms with Gasteiger partial charge < -0.3 is 44.6 Å². The van der Waals surface area contributed by atoms with Gasteiger partial charge in [-0.2, -0.15) is 0 Å². The van der Waals surface area contributed by atoms with E-state index in [0.29, 0.717) is 0 Å². The van der Waals surface area contributed by atoms with Gasteiger partial charge in [0, 0.05) is 0 Å². The summed E-state index contributed by atoms with van der Waals surface area (Å²) < 4.78 is 0. The molecule has 0 aromatic rings. The van der Waals surface area contributed by atoms with Gasteiger partial charge in [-0.05, 0) is 35.5 Å². The van der Waals surface area contributed by atoms with Crippen molar-refractivity contribution >= 4 is 51.1 Å². The minimum atomic E-state index is -0.826. The van der Waals surface area contributed by atoms with E-state index in [1.807, 2.05) is 0 Å². The molecule has 0 saturated heterocycles. The zero-order valence-corrected chi connectivity index (χ0v) is 56.6. The monoisotopic (exact) mass is 1240 g/mol. The van der Waals surface area contributed by atoms with E-state index in [-0.39, 0.29) is 44.6 Å². The molecule has 0 unspecified atom stereocenters. The van der Waals surface area contributed by atoms with Crippen molar-refractivity contribution in [2.24, 2.45) is 35.5 Å². The van der Waals surface area contributed by atoms with Crippen molar-refractivity contribution in [2.75, 3.05) is 0 Å². The topological polar surface area (TPSA) is 0 Å². The van der Waals surface area contributed by atoms with Crippen LogP contribution in [0.5, 0.6) is 0 Å². The first kappa shape index (κ1) is 87.1. The summed E-state index contributed by atoms with van der Waals surface area (Å²) in [4.78, 5) is 0. The molecule has 0 spiro atoms. The number of unbranched alkanes of at least 4 members (excludes halogenated alkanes) is 2. The Hall–Kier alpha value is 4.39. The summed E-state index contributed by atoms with van der Waals surface area (Å²) in [5.41, 5.74) is 0. The maximum atomic E-state index is 4.93. The van der Waals surface area contributed by atoms with Crippen LogP contribution in [-0.2, 0) is 62.5 Å². The Kier molecular flexibility index (Phi) is 104. The predicted octanol–water partition coefficient (Wildman–Crippen LogP) is 24.7. The van der Waals surface area contributed by atoms with Gasteiger partial charge in [0.05, 0.1) is 0 Å². The molecule has 0 bridgehead atoms. The molecule has 6 rings (SSSR count). The number of rotatable bonds is 12. The Morgan fingerprint density at radius 3 is 0.556 bits per heavy atom. The van der Waals surface area contributed by atoms with Crippen LogP contribution in [0.2, 0.25) is 0 Å². The molecular weight excluding hydrogens is 1130 g/mol. The van der Waals surface area contributed by atoms with Crippen LogP contribution >= 0.6 is 51.1 Å². The number of hydrogen-bond acceptors (Lipinski definition) is 0. The van der Waals surface area contributed by atoms with E-state index < -0.39 is 62.5 Å². The first-order valence-corrected chi connectivity index (χ1v) is 43.7. The van der Waals surface area contributed by atoms with Gasteiger partial charge in [0.15, 0.2) is 0 Å². The molecular formula is C54H114Cl6Zr3. The molecule has 0 aliphatic heterocycles. The molecule has 63 heavy (non-hydrogen) atoms. The van der Waals surface area contributed by atoms with Crippen LogP contribution < -0.4 is 0 Å². The molecule has 6 aliphatic carbocycles. The molecule has 0 aromatic carbocycles. The summed E-state index contributed by atoms with van der Waals surface area (Å²) in [7, 11) is 29.6. The normalized spacial score (nSPS) is 17.3. The molecule has 0 aromatic heterocycles. The summed E-state index contributed by atoms with van der Waals surface area (Å²) in [5, 5.41) is 0. The van der Waals surface area contributed by atoms with E-state index in [9.17, 15) is 0 Å². The molecule has 6 saturated carbocycles. The Bertz CT molecular complexity index is 616. The standard InChI is InChI=1S/2C9H18.2C8H16.2C7H14.6CH3.6ClH.3Zr/c2*1-2-3-6-9-7-4-5-8-9;2*1-2-5-8-6-3-4-7-8;2*1-2-7-5-3-4-6-7;;;;;;;;;;;;;;;/h2*9H,2-8H2,1H3;2*8H,2-7H2,1H3;2*7H,2-6H2,1H3;6*1H3;6*1H;;;/q;;;;;;6*-1;;;;;;;3*+4/p-6. The van der Waals surface area contributed by atoms with Crippen LogP contribution in [0.3, 0.4) is 0 Å². The molecule has 6 fully saturated rings. The van der Waals surface area contributed by atoms with Crippen molar-refractivity contribution in [3.05, 3.63) is 44.6 Å². The molecule has 0 radical (unpaired) electrons. The van der Waals surface area contributed by atoms with Crippen LogP contribution in [0.4, 0.5) is 0 Å². The van der Waals surface area contributed by atoms with Crippen LogP contribution in [0.1, 0.15) is 273 Å². The van der Waals surface area contributed by atoms with E-state index in [0.717, 1.165) is 35.5 Å². The van der Waals surface area contributed by atoms with Gasteiger partial charge in [-0.1, -0.05) is 273 Å². The third-order valence-corrected chi connectivity index (χ3v) is 13.3. The second-order valence-corrected chi connectivity index (χ2v) is 29.0. The van der Waals surface area contributed by atoms with Crippen LogP contribution in [-0.4, -0.2) is 0 Å². The molecule has 0 heterocycles. The zero-order valence-electron chi connectivity index (χ0n) is 44.7. The molecule has 0 amide bonds.